The summed E-state index contributed by atoms with van der Waals surface area (Å²) in [6.45, 7) is 3.50. The van der Waals surface area contributed by atoms with Crippen LogP contribution in [0.25, 0.3) is 5.57 Å². The Morgan fingerprint density at radius 3 is 2.74 bits per heavy atom. The van der Waals surface area contributed by atoms with Gasteiger partial charge in [-0.05, 0) is 12.1 Å². The third-order valence-corrected chi connectivity index (χ3v) is 5.93. The molecule has 31 heavy (non-hydrogen) atoms. The molecule has 3 aliphatic heterocycles. The van der Waals surface area contributed by atoms with Crippen molar-refractivity contribution in [2.45, 2.75) is 24.2 Å². The molecular formula is C21H21F3N6O. The van der Waals surface area contributed by atoms with Crippen LogP contribution in [0.5, 0.6) is 0 Å². The lowest BCUT2D eigenvalue weighted by atomic mass is 9.73. The number of halogens is 3. The highest BCUT2D eigenvalue weighted by Gasteiger charge is 2.52. The van der Waals surface area contributed by atoms with Gasteiger partial charge in [0.05, 0.1) is 12.1 Å². The van der Waals surface area contributed by atoms with Crippen molar-refractivity contribution in [2.75, 3.05) is 31.1 Å². The number of nitrogens with zero attached hydrogens (tertiary/aromatic N) is 3. The SMILES string of the molecule is O=C1C2=CNNC23C=CC=C(c2ccc(N4CCNCC4)nc2)C3=NC1CC(F)(F)F. The number of rotatable bonds is 3. The predicted molar refractivity (Wildman–Crippen MR) is 110 cm³/mol. The largest absolute Gasteiger partial charge is 0.391 e. The fourth-order valence-electron chi connectivity index (χ4n) is 4.43. The number of Topliss-reactive ketones (excluding diaryl/α,β-unsaturated/α-hetero) is 1. The number of hydrogen-bond acceptors (Lipinski definition) is 7. The van der Waals surface area contributed by atoms with Gasteiger partial charge in [-0.3, -0.25) is 9.79 Å². The van der Waals surface area contributed by atoms with E-state index in [-0.39, 0.29) is 5.57 Å². The molecule has 1 aromatic rings. The van der Waals surface area contributed by atoms with Crippen molar-refractivity contribution >= 4 is 22.9 Å². The number of hydrogen-bond donors (Lipinski definition) is 3. The van der Waals surface area contributed by atoms with E-state index in [1.807, 2.05) is 12.1 Å². The monoisotopic (exact) mass is 430 g/mol. The fourth-order valence-corrected chi connectivity index (χ4v) is 4.43. The first-order valence-corrected chi connectivity index (χ1v) is 10.1. The quantitative estimate of drug-likeness (QED) is 0.675. The van der Waals surface area contributed by atoms with Crippen molar-refractivity contribution < 1.29 is 18.0 Å². The predicted octanol–water partition coefficient (Wildman–Crippen LogP) is 1.52. The zero-order valence-corrected chi connectivity index (χ0v) is 16.5. The second-order valence-corrected chi connectivity index (χ2v) is 7.89. The molecule has 1 aromatic heterocycles. The number of anilines is 1. The van der Waals surface area contributed by atoms with Crippen LogP contribution in [0.3, 0.4) is 0 Å². The zero-order chi connectivity index (χ0) is 21.6. The number of pyridine rings is 1. The van der Waals surface area contributed by atoms with E-state index >= 15 is 0 Å². The molecule has 1 fully saturated rings. The number of carbonyl (C=O) groups is 1. The Kier molecular flexibility index (Phi) is 4.71. The normalized spacial score (nSPS) is 27.7. The van der Waals surface area contributed by atoms with Gasteiger partial charge in [-0.15, -0.1) is 0 Å². The molecule has 10 heteroatoms. The van der Waals surface area contributed by atoms with E-state index in [2.05, 4.69) is 31.0 Å². The number of nitrogens with one attached hydrogen (secondary N) is 3. The third kappa shape index (κ3) is 3.45. The lowest BCUT2D eigenvalue weighted by Gasteiger charge is -2.38. The van der Waals surface area contributed by atoms with E-state index in [4.69, 9.17) is 0 Å². The number of hydrazine groups is 1. The van der Waals surface area contributed by atoms with Crippen LogP contribution in [0.1, 0.15) is 12.0 Å². The van der Waals surface area contributed by atoms with Crippen molar-refractivity contribution in [3.8, 4) is 0 Å². The summed E-state index contributed by atoms with van der Waals surface area (Å²) in [5.41, 5.74) is 6.71. The number of aromatic nitrogens is 1. The van der Waals surface area contributed by atoms with Gasteiger partial charge in [-0.25, -0.2) is 10.4 Å². The van der Waals surface area contributed by atoms with Crippen LogP contribution in [0.2, 0.25) is 0 Å². The lowest BCUT2D eigenvalue weighted by molar-refractivity contribution is -0.145. The van der Waals surface area contributed by atoms with E-state index in [9.17, 15) is 18.0 Å². The molecule has 1 saturated heterocycles. The van der Waals surface area contributed by atoms with Crippen LogP contribution < -0.4 is 21.1 Å². The molecular weight excluding hydrogens is 409 g/mol. The summed E-state index contributed by atoms with van der Waals surface area (Å²) < 4.78 is 39.3. The van der Waals surface area contributed by atoms with E-state index in [0.717, 1.165) is 37.6 Å². The van der Waals surface area contributed by atoms with Crippen LogP contribution in [-0.2, 0) is 4.79 Å². The summed E-state index contributed by atoms with van der Waals surface area (Å²) in [5, 5.41) is 3.30. The molecule has 3 N–H and O–H groups in total. The molecule has 0 radical (unpaired) electrons. The van der Waals surface area contributed by atoms with Crippen molar-refractivity contribution in [2.24, 2.45) is 4.99 Å². The molecule has 0 aromatic carbocycles. The van der Waals surface area contributed by atoms with Gasteiger partial charge in [0, 0.05) is 55.3 Å². The highest BCUT2D eigenvalue weighted by atomic mass is 19.4. The zero-order valence-electron chi connectivity index (χ0n) is 16.5. The fraction of sp³-hybridized carbons (Fsp3) is 0.381. The maximum atomic E-state index is 13.1. The van der Waals surface area contributed by atoms with Crippen molar-refractivity contribution in [1.82, 2.24) is 21.2 Å². The van der Waals surface area contributed by atoms with Crippen molar-refractivity contribution in [3.05, 3.63) is 53.9 Å². The maximum Gasteiger partial charge on any atom is 0.391 e. The first-order valence-electron chi connectivity index (χ1n) is 10.1. The van der Waals surface area contributed by atoms with Gasteiger partial charge in [0.1, 0.15) is 17.4 Å². The minimum absolute atomic E-state index is 0.235. The maximum absolute atomic E-state index is 13.1. The second-order valence-electron chi connectivity index (χ2n) is 7.89. The average Bonchev–Trinajstić information content (AvgIpc) is 3.18. The van der Waals surface area contributed by atoms with Gasteiger partial charge in [0.2, 0.25) is 0 Å². The second kappa shape index (κ2) is 7.31. The molecule has 1 aliphatic carbocycles. The number of allylic oxidation sites excluding steroid dienone is 2. The van der Waals surface area contributed by atoms with Crippen LogP contribution in [0.15, 0.2) is 53.3 Å². The van der Waals surface area contributed by atoms with Crippen molar-refractivity contribution in [1.29, 1.82) is 0 Å². The van der Waals surface area contributed by atoms with E-state index in [1.165, 1.54) is 6.20 Å². The Hall–Kier alpha value is -2.98. The Morgan fingerprint density at radius 2 is 2.03 bits per heavy atom. The molecule has 5 rings (SSSR count). The van der Waals surface area contributed by atoms with Crippen LogP contribution in [0.4, 0.5) is 19.0 Å². The van der Waals surface area contributed by atoms with E-state index in [0.29, 0.717) is 11.3 Å². The smallest absolute Gasteiger partial charge is 0.354 e. The summed E-state index contributed by atoms with van der Waals surface area (Å²) in [6, 6.07) is 2.30. The molecule has 4 heterocycles. The van der Waals surface area contributed by atoms with Crippen LogP contribution in [0, 0.1) is 0 Å². The first kappa shape index (κ1) is 20.0. The third-order valence-electron chi connectivity index (χ3n) is 5.93. The molecule has 4 aliphatic rings. The van der Waals surface area contributed by atoms with Gasteiger partial charge >= 0.3 is 6.18 Å². The molecule has 1 spiro atoms. The molecule has 0 bridgehead atoms. The molecule has 0 saturated carbocycles. The topological polar surface area (TPSA) is 81.7 Å². The summed E-state index contributed by atoms with van der Waals surface area (Å²) in [6.07, 6.45) is 2.67. The number of piperazine rings is 1. The van der Waals surface area contributed by atoms with Gasteiger partial charge < -0.3 is 15.6 Å². The minimum Gasteiger partial charge on any atom is -0.354 e. The lowest BCUT2D eigenvalue weighted by Crippen LogP contribution is -2.57. The summed E-state index contributed by atoms with van der Waals surface area (Å²) in [4.78, 5) is 23.8. The molecule has 162 valence electrons. The van der Waals surface area contributed by atoms with Crippen molar-refractivity contribution in [3.63, 3.8) is 0 Å². The van der Waals surface area contributed by atoms with Gasteiger partial charge in [-0.2, -0.15) is 13.2 Å². The standard InChI is InChI=1S/C21H21F3N6O/c22-21(23,24)10-16-18(31)15-12-27-29-20(15)5-1-2-14(19(20)28-16)13-3-4-17(26-11-13)30-8-6-25-7-9-30/h1-5,11-12,16,25,27,29H,6-10H2. The Morgan fingerprint density at radius 1 is 1.23 bits per heavy atom. The summed E-state index contributed by atoms with van der Waals surface area (Å²) in [5.74, 6) is 0.223. The minimum atomic E-state index is -4.49. The molecule has 7 nitrogen and oxygen atoms in total. The summed E-state index contributed by atoms with van der Waals surface area (Å²) in [7, 11) is 0. The Balaban J connectivity index is 1.52. The van der Waals surface area contributed by atoms with Gasteiger partial charge in [-0.1, -0.05) is 18.2 Å². The number of carbonyl (C=O) groups excluding carboxylic acids is 1. The van der Waals surface area contributed by atoms with Gasteiger partial charge in [0.25, 0.3) is 0 Å². The number of ketones is 1. The summed E-state index contributed by atoms with van der Waals surface area (Å²) >= 11 is 0. The van der Waals surface area contributed by atoms with Crippen LogP contribution in [-0.4, -0.2) is 60.4 Å². The Labute approximate surface area is 176 Å². The number of alkyl halides is 3. The number of aliphatic imine (C=N–C) groups is 1. The average molecular weight is 430 g/mol. The molecule has 2 atom stereocenters. The first-order chi connectivity index (χ1) is 14.9. The highest BCUT2D eigenvalue weighted by Crippen LogP contribution is 2.40. The molecule has 0 amide bonds. The Bertz CT molecular complexity index is 1020. The highest BCUT2D eigenvalue weighted by molar-refractivity contribution is 6.35. The van der Waals surface area contributed by atoms with Gasteiger partial charge in [0.15, 0.2) is 5.78 Å². The van der Waals surface area contributed by atoms with E-state index < -0.39 is 30.0 Å². The molecule has 2 unspecified atom stereocenters. The van der Waals surface area contributed by atoms with E-state index in [1.54, 1.807) is 24.4 Å². The van der Waals surface area contributed by atoms with Crippen LogP contribution >= 0.6 is 0 Å².